The van der Waals surface area contributed by atoms with Crippen LogP contribution in [-0.4, -0.2) is 33.7 Å². The summed E-state index contributed by atoms with van der Waals surface area (Å²) in [5.41, 5.74) is 2.12. The number of hydrogen-bond acceptors (Lipinski definition) is 4. The monoisotopic (exact) mass is 298 g/mol. The highest BCUT2D eigenvalue weighted by molar-refractivity contribution is 7.88. The quantitative estimate of drug-likeness (QED) is 0.812. The molecule has 1 aliphatic rings. The molecule has 0 bridgehead atoms. The molecular formula is C13H18N2O4S. The molecule has 0 aliphatic carbocycles. The maximum Gasteiger partial charge on any atom is 0.235 e. The van der Waals surface area contributed by atoms with Crippen LogP contribution in [0.1, 0.15) is 17.5 Å². The molecule has 1 aliphatic heterocycles. The van der Waals surface area contributed by atoms with Crippen LogP contribution in [-0.2, 0) is 27.8 Å². The van der Waals surface area contributed by atoms with E-state index in [4.69, 9.17) is 4.74 Å². The van der Waals surface area contributed by atoms with E-state index in [9.17, 15) is 13.2 Å². The van der Waals surface area contributed by atoms with Gasteiger partial charge in [0.25, 0.3) is 0 Å². The van der Waals surface area contributed by atoms with Gasteiger partial charge in [-0.25, -0.2) is 13.1 Å². The number of carbonyl (C=O) groups is 1. The van der Waals surface area contributed by atoms with E-state index in [1.807, 2.05) is 18.2 Å². The van der Waals surface area contributed by atoms with Crippen molar-refractivity contribution in [2.24, 2.45) is 0 Å². The van der Waals surface area contributed by atoms with Gasteiger partial charge in [-0.05, 0) is 30.0 Å². The number of ether oxygens (including phenoxy) is 1. The first-order valence-electron chi connectivity index (χ1n) is 6.40. The van der Waals surface area contributed by atoms with E-state index in [1.54, 1.807) is 0 Å². The Balaban J connectivity index is 1.86. The minimum atomic E-state index is -3.34. The fraction of sp³-hybridized carbons (Fsp3) is 0.462. The maximum atomic E-state index is 11.5. The van der Waals surface area contributed by atoms with Gasteiger partial charge in [-0.2, -0.15) is 0 Å². The molecule has 0 aromatic heterocycles. The van der Waals surface area contributed by atoms with Crippen LogP contribution in [0.4, 0.5) is 0 Å². The van der Waals surface area contributed by atoms with Gasteiger partial charge in [0.2, 0.25) is 15.9 Å². The van der Waals surface area contributed by atoms with Crippen molar-refractivity contribution in [2.45, 2.75) is 19.4 Å². The molecule has 0 fully saturated rings. The van der Waals surface area contributed by atoms with Gasteiger partial charge in [-0.1, -0.05) is 12.1 Å². The first-order valence-corrected chi connectivity index (χ1v) is 8.29. The van der Waals surface area contributed by atoms with Crippen LogP contribution in [0.15, 0.2) is 18.2 Å². The number of sulfonamides is 1. The molecule has 0 unspecified atom stereocenters. The van der Waals surface area contributed by atoms with Gasteiger partial charge in [-0.15, -0.1) is 0 Å². The zero-order valence-corrected chi connectivity index (χ0v) is 12.1. The summed E-state index contributed by atoms with van der Waals surface area (Å²) in [5.74, 6) is 0.550. The highest BCUT2D eigenvalue weighted by Gasteiger charge is 2.11. The van der Waals surface area contributed by atoms with Crippen LogP contribution in [0, 0.1) is 0 Å². The minimum Gasteiger partial charge on any atom is -0.493 e. The Hall–Kier alpha value is -1.60. The van der Waals surface area contributed by atoms with Crippen molar-refractivity contribution in [3.05, 3.63) is 29.3 Å². The van der Waals surface area contributed by atoms with Gasteiger partial charge in [-0.3, -0.25) is 4.79 Å². The second-order valence-corrected chi connectivity index (χ2v) is 6.60. The van der Waals surface area contributed by atoms with Crippen LogP contribution in [0.2, 0.25) is 0 Å². The fourth-order valence-corrected chi connectivity index (χ4v) is 2.38. The number of hydrogen-bond donors (Lipinski definition) is 2. The first kappa shape index (κ1) is 14.8. The molecule has 7 heteroatoms. The third-order valence-corrected chi connectivity index (χ3v) is 3.63. The van der Waals surface area contributed by atoms with E-state index in [1.165, 1.54) is 0 Å². The average Bonchev–Trinajstić information content (AvgIpc) is 2.42. The van der Waals surface area contributed by atoms with Gasteiger partial charge in [0.05, 0.1) is 19.4 Å². The summed E-state index contributed by atoms with van der Waals surface area (Å²) in [6, 6.07) is 5.82. The normalized spacial score (nSPS) is 14.2. The summed E-state index contributed by atoms with van der Waals surface area (Å²) in [4.78, 5) is 11.5. The van der Waals surface area contributed by atoms with E-state index in [2.05, 4.69) is 10.0 Å². The lowest BCUT2D eigenvalue weighted by Crippen LogP contribution is -2.36. The average molecular weight is 298 g/mol. The third-order valence-electron chi connectivity index (χ3n) is 2.96. The molecule has 1 amide bonds. The zero-order valence-electron chi connectivity index (χ0n) is 11.3. The van der Waals surface area contributed by atoms with Crippen LogP contribution in [0.5, 0.6) is 5.75 Å². The Morgan fingerprint density at radius 2 is 2.20 bits per heavy atom. The number of benzene rings is 1. The van der Waals surface area contributed by atoms with E-state index in [-0.39, 0.29) is 12.5 Å². The molecular weight excluding hydrogens is 280 g/mol. The lowest BCUT2D eigenvalue weighted by molar-refractivity contribution is -0.120. The van der Waals surface area contributed by atoms with Gasteiger partial charge >= 0.3 is 0 Å². The topological polar surface area (TPSA) is 84.5 Å². The van der Waals surface area contributed by atoms with Gasteiger partial charge in [0, 0.05) is 6.54 Å². The number of nitrogens with one attached hydrogen (secondary N) is 2. The molecule has 110 valence electrons. The standard InChI is InChI=1S/C13H18N2O4S/c1-20(17,18)15-9-13(16)14-8-10-4-5-12-11(7-10)3-2-6-19-12/h4-5,7,15H,2-3,6,8-9H2,1H3,(H,14,16). The second-order valence-electron chi connectivity index (χ2n) is 4.76. The lowest BCUT2D eigenvalue weighted by atomic mass is 10.0. The highest BCUT2D eigenvalue weighted by atomic mass is 32.2. The van der Waals surface area contributed by atoms with Crippen molar-refractivity contribution in [1.82, 2.24) is 10.0 Å². The number of rotatable bonds is 5. The number of carbonyl (C=O) groups excluding carboxylic acids is 1. The zero-order chi connectivity index (χ0) is 14.6. The summed E-state index contributed by atoms with van der Waals surface area (Å²) in [6.07, 6.45) is 3.00. The van der Waals surface area contributed by atoms with Crippen LogP contribution in [0.25, 0.3) is 0 Å². The Bertz CT molecular complexity index is 598. The van der Waals surface area contributed by atoms with Crippen molar-refractivity contribution in [3.63, 3.8) is 0 Å². The van der Waals surface area contributed by atoms with Crippen molar-refractivity contribution >= 4 is 15.9 Å². The Labute approximate surface area is 118 Å². The molecule has 0 radical (unpaired) electrons. The summed E-state index contributed by atoms with van der Waals surface area (Å²) in [5, 5.41) is 2.67. The highest BCUT2D eigenvalue weighted by Crippen LogP contribution is 2.25. The lowest BCUT2D eigenvalue weighted by Gasteiger charge is -2.18. The summed E-state index contributed by atoms with van der Waals surface area (Å²) >= 11 is 0. The molecule has 0 atom stereocenters. The van der Waals surface area contributed by atoms with Crippen molar-refractivity contribution in [3.8, 4) is 5.75 Å². The van der Waals surface area contributed by atoms with Crippen LogP contribution in [0.3, 0.4) is 0 Å². The molecule has 0 saturated heterocycles. The van der Waals surface area contributed by atoms with Crippen molar-refractivity contribution in [2.75, 3.05) is 19.4 Å². The van der Waals surface area contributed by atoms with E-state index >= 15 is 0 Å². The Kier molecular flexibility index (Phi) is 4.61. The predicted molar refractivity (Wildman–Crippen MR) is 75.0 cm³/mol. The largest absolute Gasteiger partial charge is 0.493 e. The fourth-order valence-electron chi connectivity index (χ4n) is 1.98. The third kappa shape index (κ3) is 4.50. The molecule has 0 saturated carbocycles. The molecule has 20 heavy (non-hydrogen) atoms. The Morgan fingerprint density at radius 3 is 2.95 bits per heavy atom. The number of aryl methyl sites for hydroxylation is 1. The Morgan fingerprint density at radius 1 is 1.40 bits per heavy atom. The second kappa shape index (κ2) is 6.23. The SMILES string of the molecule is CS(=O)(=O)NCC(=O)NCc1ccc2c(c1)CCCO2. The summed E-state index contributed by atoms with van der Waals surface area (Å²) in [7, 11) is -3.34. The smallest absolute Gasteiger partial charge is 0.235 e. The van der Waals surface area contributed by atoms with Crippen LogP contribution < -0.4 is 14.8 Å². The predicted octanol–water partition coefficient (Wildman–Crippen LogP) is 0.177. The van der Waals surface area contributed by atoms with Crippen molar-refractivity contribution < 1.29 is 17.9 Å². The van der Waals surface area contributed by atoms with E-state index in [0.717, 1.165) is 42.6 Å². The molecule has 2 N–H and O–H groups in total. The van der Waals surface area contributed by atoms with Crippen LogP contribution >= 0.6 is 0 Å². The van der Waals surface area contributed by atoms with Gasteiger partial charge in [0.1, 0.15) is 5.75 Å². The van der Waals surface area contributed by atoms with E-state index in [0.29, 0.717) is 6.54 Å². The van der Waals surface area contributed by atoms with E-state index < -0.39 is 10.0 Å². The van der Waals surface area contributed by atoms with Gasteiger partial charge < -0.3 is 10.1 Å². The summed E-state index contributed by atoms with van der Waals surface area (Å²) < 4.78 is 29.4. The number of fused-ring (bicyclic) bond motifs is 1. The van der Waals surface area contributed by atoms with Crippen molar-refractivity contribution in [1.29, 1.82) is 0 Å². The molecule has 6 nitrogen and oxygen atoms in total. The molecule has 1 aromatic rings. The van der Waals surface area contributed by atoms with Gasteiger partial charge in [0.15, 0.2) is 0 Å². The maximum absolute atomic E-state index is 11.5. The molecule has 2 rings (SSSR count). The minimum absolute atomic E-state index is 0.243. The number of amides is 1. The first-order chi connectivity index (χ1) is 9.44. The molecule has 1 heterocycles. The molecule has 0 spiro atoms. The molecule has 1 aromatic carbocycles. The summed E-state index contributed by atoms with van der Waals surface area (Å²) in [6.45, 7) is 0.880.